The number of unbranched alkanes of at least 4 members (excludes halogenated alkanes) is 4. The van der Waals surface area contributed by atoms with Crippen molar-refractivity contribution in [1.29, 1.82) is 0 Å². The average molecular weight is 2230 g/mol. The smallest absolute Gasteiger partial charge is 0.463 e. The molecule has 0 amide bonds. The quantitative estimate of drug-likeness (QED) is 0.00604. The minimum absolute atomic E-state index is 0. The second-order valence-electron chi connectivity index (χ2n) is 24.4. The van der Waals surface area contributed by atoms with Gasteiger partial charge in [0.2, 0.25) is 5.43 Å². The van der Waals surface area contributed by atoms with Crippen molar-refractivity contribution >= 4 is 231 Å². The minimum atomic E-state index is -3.22. The SMILES string of the molecule is BrBr.C.C.C.C.C.C.C.C.C.CCCCC(CCCC)Nc1cc(C)nc2c(Br)[nH]nc12.CCCCC(N)CCCC.CCOC(=O)/C=C(\C)Nc1cn[nH]c1.Cc1cc(=O)c2[nH]ncc2[nH]1.Cc1cc(Cl)c2[nH]ncc2n1.Cc1cc(Cl)c2n[nH]c(Br)c2n1.Nc1cn[nH]c1.O=P(Cl)(Cl)Cl.O=[N+]([O-])c1cn[nH]c1.OB(O)c1ccc(Cl)cc1Cl.ONOO.[HH].c1cn[nH]c1. The molecule has 0 unspecified atom stereocenters. The standard InChI is InChI=1S/C16H25BrN4.C9H13N3O2.C9H21N.C7H5BrClN3.C7H6ClN3.C7H7N3O.C6H5BCl2O2.C3H3N3O2.C3H5N3.C3H4N2.9CH4.Br2.Cl3OP.H3NO3.H2/c1-4-6-8-12(9-7-5-2)19-13-10-11(3)18-15-14(13)20-21-16(15)17;1-3-14-9(13)4-7(2)12-8-5-10-11-6-8;1-3-5-7-9(10)8-6-4-2;1-3-2-4(9)5-6(10-3)7(8)12-11-5;1-4-2-5(8)7-6(10-4)3-9-11-7;1-4-2-6(11)7-5(9-4)3-8-10-7;8-4-1-2-5(7(10)11)6(9)3-4;7-6(8)3-1-4-5-2-3;4-3-1-5-6-2-3;1-2-4-5-3-1;;;;;;;;;;1-2;1-5(2,3)4;2-1-4-3;/h10,12H,4-9H2,1-3H3,(H,18,19)(H,20,21);4-6,12H,3H2,1-2H3,(H,10,11);9H,3-8,10H2,1-2H3;2H,1H3,(H,11,12);2-3H,1H3,(H,9,11);2-3H,1H3,(H,8,10)(H,9,11);1-3,10-11H;1-2H,(H,4,5);1-2H,4H2,(H,5,6);1-3H,(H,4,5);9*1H4;;;1-3H;1H/b;7-4+;;;;;;;;;;;;;;;;;;;;;. The van der Waals surface area contributed by atoms with Gasteiger partial charge in [-0.15, -0.1) is 4.99 Å². The summed E-state index contributed by atoms with van der Waals surface area (Å²) in [6.45, 7) is 20.5. The molecule has 0 spiro atoms. The zero-order valence-corrected chi connectivity index (χ0v) is 79.2. The average Bonchev–Trinajstić information content (AvgIpc) is 1.66. The number of allylic oxidation sites excluding steroid dienone is 1. The molecule has 0 bridgehead atoms. The predicted molar refractivity (Wildman–Crippen MR) is 556 cm³/mol. The lowest BCUT2D eigenvalue weighted by Crippen LogP contribution is -2.30. The molecule has 12 heterocycles. The van der Waals surface area contributed by atoms with Gasteiger partial charge < -0.3 is 41.9 Å². The number of anilines is 3. The van der Waals surface area contributed by atoms with Crippen LogP contribution in [0.3, 0.4) is 0 Å². The minimum Gasteiger partial charge on any atom is -0.463 e. The molecule has 0 aliphatic carbocycles. The summed E-state index contributed by atoms with van der Waals surface area (Å²) >= 11 is 49.1. The number of ether oxygens (including phenoxy) is 1. The second kappa shape index (κ2) is 81.1. The third kappa shape index (κ3) is 61.6. The molecule has 0 saturated heterocycles. The molecule has 0 aliphatic heterocycles. The Balaban J connectivity index is -0.000000153. The van der Waals surface area contributed by atoms with E-state index in [1.54, 1.807) is 81.6 Å². The van der Waals surface area contributed by atoms with Gasteiger partial charge in [-0.1, -0.05) is 198 Å². The number of aromatic nitrogens is 20. The Morgan fingerprint density at radius 1 is 0.651 bits per heavy atom. The first-order chi connectivity index (χ1) is 57.1. The van der Waals surface area contributed by atoms with E-state index in [4.69, 9.17) is 83.1 Å². The summed E-state index contributed by atoms with van der Waals surface area (Å²) in [7, 11) is -1.54. The molecule has 13 rings (SSSR count). The van der Waals surface area contributed by atoms with Crippen LogP contribution in [0.25, 0.3) is 44.1 Å². The van der Waals surface area contributed by atoms with Crippen LogP contribution in [0.2, 0.25) is 20.1 Å². The van der Waals surface area contributed by atoms with Gasteiger partial charge in [0.25, 0.3) is 0 Å². The van der Waals surface area contributed by atoms with Crippen molar-refractivity contribution in [2.45, 2.75) is 225 Å². The maximum absolute atomic E-state index is 11.2. The monoisotopic (exact) mass is 2230 g/mol. The van der Waals surface area contributed by atoms with Crippen LogP contribution in [0.4, 0.5) is 22.7 Å². The van der Waals surface area contributed by atoms with E-state index in [2.05, 4.69) is 245 Å². The van der Waals surface area contributed by atoms with Crippen LogP contribution in [0.5, 0.6) is 0 Å². The summed E-state index contributed by atoms with van der Waals surface area (Å²) in [6, 6.07) is 14.5. The van der Waals surface area contributed by atoms with E-state index in [0.717, 1.165) is 88.3 Å². The van der Waals surface area contributed by atoms with Gasteiger partial charge in [-0.3, -0.25) is 65.5 Å². The number of nitrogen functional groups attached to an aromatic ring is 1. The molecule has 1 aromatic carbocycles. The number of halogens is 11. The highest BCUT2D eigenvalue weighted by Crippen LogP contribution is 2.61. The highest BCUT2D eigenvalue weighted by atomic mass is 80.9. The number of carbonyl (C=O) groups excluding carboxylic acids is 1. The molecule has 12 aromatic heterocycles. The highest BCUT2D eigenvalue weighted by Gasteiger charge is 2.17. The number of aromatic amines is 9. The van der Waals surface area contributed by atoms with E-state index in [9.17, 15) is 24.3 Å². The van der Waals surface area contributed by atoms with E-state index in [-0.39, 0.29) is 95.8 Å². The predicted octanol–water partition coefficient (Wildman–Crippen LogP) is 25.6. The Morgan fingerprint density at radius 3 is 1.59 bits per heavy atom. The molecule has 0 radical (unpaired) electrons. The number of esters is 1. The number of nitrogens with one attached hydrogen (secondary N) is 12. The summed E-state index contributed by atoms with van der Waals surface area (Å²) in [5, 5.41) is 98.4. The van der Waals surface area contributed by atoms with Gasteiger partial charge in [-0.25, -0.2) is 25.0 Å². The number of nitro groups is 1. The molecule has 0 saturated carbocycles. The molecule has 13 aromatic rings. The Morgan fingerprint density at radius 2 is 1.15 bits per heavy atom. The summed E-state index contributed by atoms with van der Waals surface area (Å²) in [5.41, 5.74) is 25.4. The summed E-state index contributed by atoms with van der Waals surface area (Å²) in [6.07, 6.45) is 32.0. The molecular weight excluding hydrogens is 2100 g/mol. The van der Waals surface area contributed by atoms with Crippen molar-refractivity contribution in [3.8, 4) is 0 Å². The molecule has 0 fully saturated rings. The normalized spacial score (nSPS) is 9.60. The van der Waals surface area contributed by atoms with E-state index in [0.29, 0.717) is 56.2 Å². The Bertz CT molecular complexity index is 5010. The fourth-order valence-electron chi connectivity index (χ4n) is 9.31. The Hall–Kier alpha value is -7.69. The second-order valence-corrected chi connectivity index (χ2v) is 34.3. The number of benzene rings is 1. The van der Waals surface area contributed by atoms with E-state index in [1.807, 2.05) is 39.8 Å². The molecule has 129 heavy (non-hydrogen) atoms. The zero-order chi connectivity index (χ0) is 90.1. The summed E-state index contributed by atoms with van der Waals surface area (Å²) in [5.74, 6) is -0.346. The lowest BCUT2D eigenvalue weighted by molar-refractivity contribution is -0.384. The van der Waals surface area contributed by atoms with Crippen molar-refractivity contribution < 1.29 is 45.9 Å². The van der Waals surface area contributed by atoms with Crippen LogP contribution in [-0.4, -0.2) is 159 Å². The third-order valence-corrected chi connectivity index (χ3v) is 16.8. The van der Waals surface area contributed by atoms with Gasteiger partial charge >= 0.3 is 24.0 Å². The molecule has 732 valence electrons. The first kappa shape index (κ1) is 139. The maximum atomic E-state index is 11.2. The number of nitrogens with two attached hydrogens (primary N) is 2. The van der Waals surface area contributed by atoms with Crippen LogP contribution in [0, 0.1) is 37.8 Å². The number of fused-ring (bicyclic) bond motifs is 4. The largest absolute Gasteiger partial charge is 0.489 e. The van der Waals surface area contributed by atoms with Crippen molar-refractivity contribution in [1.82, 2.24) is 107 Å². The number of hydrogen-bond donors (Lipinski definition) is 18. The van der Waals surface area contributed by atoms with Crippen molar-refractivity contribution in [2.75, 3.05) is 23.0 Å². The molecule has 20 N–H and O–H groups in total. The Kier molecular flexibility index (Phi) is 87.5. The van der Waals surface area contributed by atoms with Gasteiger partial charge in [0.15, 0.2) is 0 Å². The molecule has 0 atom stereocenters. The van der Waals surface area contributed by atoms with Crippen LogP contribution in [-0.2, 0) is 19.1 Å². The number of hydrogen-bond acceptors (Lipinski definition) is 27. The molecule has 37 nitrogen and oxygen atoms in total. The number of nitrogens with zero attached hydrogens (tertiary/aromatic N) is 12. The van der Waals surface area contributed by atoms with Gasteiger partial charge in [0.1, 0.15) is 54.0 Å². The lowest BCUT2D eigenvalue weighted by atomic mass is 9.80. The number of aryl methyl sites for hydroxylation is 4. The van der Waals surface area contributed by atoms with E-state index in [1.165, 1.54) is 101 Å². The number of rotatable bonds is 21. The van der Waals surface area contributed by atoms with Crippen LogP contribution >= 0.6 is 145 Å². The van der Waals surface area contributed by atoms with Gasteiger partial charge in [0, 0.05) is 123 Å². The molecule has 50 heteroatoms. The van der Waals surface area contributed by atoms with Gasteiger partial charge in [-0.2, -0.15) is 40.8 Å². The first-order valence-electron chi connectivity index (χ1n) is 36.1. The number of carbonyl (C=O) groups is 1. The Labute approximate surface area is 825 Å². The summed E-state index contributed by atoms with van der Waals surface area (Å²) < 4.78 is 15.9. The number of H-pyrrole nitrogens is 9. The van der Waals surface area contributed by atoms with Crippen molar-refractivity contribution in [3.63, 3.8) is 0 Å². The van der Waals surface area contributed by atoms with Gasteiger partial charge in [0.05, 0.1) is 75.1 Å². The van der Waals surface area contributed by atoms with Crippen LogP contribution < -0.4 is 38.6 Å². The number of pyridine rings is 4. The van der Waals surface area contributed by atoms with Crippen LogP contribution in [0.15, 0.2) is 136 Å². The first-order valence-corrected chi connectivity index (χ1v) is 47.3. The van der Waals surface area contributed by atoms with E-state index >= 15 is 0 Å². The molecule has 0 aliphatic rings. The molecular formula is C79H135BBr4Cl7N26O11P. The van der Waals surface area contributed by atoms with Gasteiger partial charge in [-0.05, 0) is 175 Å². The fourth-order valence-corrected chi connectivity index (χ4v) is 11.1. The summed E-state index contributed by atoms with van der Waals surface area (Å²) in [4.78, 5) is 50.4. The third-order valence-electron chi connectivity index (χ3n) is 14.6. The van der Waals surface area contributed by atoms with Crippen LogP contribution in [0.1, 0.15) is 210 Å². The van der Waals surface area contributed by atoms with E-state index < -0.39 is 17.2 Å². The zero-order valence-electron chi connectivity index (χ0n) is 66.7. The highest BCUT2D eigenvalue weighted by molar-refractivity contribution is 9.93. The fraction of sp³-hybridized carbons (Fsp3) is 0.430. The van der Waals surface area contributed by atoms with Crippen molar-refractivity contribution in [2.24, 2.45) is 5.73 Å². The maximum Gasteiger partial charge on any atom is 0.489 e. The lowest BCUT2D eigenvalue weighted by Gasteiger charge is -2.20. The van der Waals surface area contributed by atoms with Crippen molar-refractivity contribution in [3.05, 3.63) is 195 Å². The topological polar surface area (TPSA) is 566 Å².